The number of nitrogens with one attached hydrogen (secondary N) is 2. The number of nitrogens with zero attached hydrogens (tertiary/aromatic N) is 3. The Labute approximate surface area is 184 Å². The van der Waals surface area contributed by atoms with E-state index in [1.165, 1.54) is 11.3 Å². The molecule has 4 rings (SSSR count). The van der Waals surface area contributed by atoms with Gasteiger partial charge in [-0.05, 0) is 44.0 Å². The molecule has 1 aromatic carbocycles. The normalized spacial score (nSPS) is 16.6. The first kappa shape index (κ1) is 20.7. The number of amides is 3. The number of H-pyrrole nitrogens is 1. The first-order valence-electron chi connectivity index (χ1n) is 9.90. The molecule has 0 saturated carbocycles. The van der Waals surface area contributed by atoms with Gasteiger partial charge in [-0.2, -0.15) is 0 Å². The predicted molar refractivity (Wildman–Crippen MR) is 119 cm³/mol. The van der Waals surface area contributed by atoms with E-state index in [1.54, 1.807) is 23.0 Å². The van der Waals surface area contributed by atoms with Crippen molar-refractivity contribution < 1.29 is 9.59 Å². The Morgan fingerprint density at radius 2 is 2.23 bits per heavy atom. The zero-order valence-corrected chi connectivity index (χ0v) is 18.5. The lowest BCUT2D eigenvalue weighted by atomic mass is 10.0. The van der Waals surface area contributed by atoms with Crippen molar-refractivity contribution in [1.82, 2.24) is 25.1 Å². The number of benzene rings is 1. The molecule has 1 fully saturated rings. The van der Waals surface area contributed by atoms with E-state index >= 15 is 0 Å². The van der Waals surface area contributed by atoms with Crippen LogP contribution in [0.15, 0.2) is 30.5 Å². The Bertz CT molecular complexity index is 1080. The van der Waals surface area contributed by atoms with Gasteiger partial charge in [0, 0.05) is 52.8 Å². The molecule has 1 atom stereocenters. The molecule has 2 aromatic heterocycles. The maximum Gasteiger partial charge on any atom is 0.317 e. The molecule has 1 aliphatic heterocycles. The SMILES string of the molecule is Cc1cnc(C(=O)N2CCCC(N(C)C(=O)NCc3cc4cc(Cl)ccc4[nH]3)C2)s1. The maximum absolute atomic E-state index is 12.7. The molecule has 3 amide bonds. The van der Waals surface area contributed by atoms with Crippen molar-refractivity contribution >= 4 is 45.8 Å². The van der Waals surface area contributed by atoms with E-state index in [0.29, 0.717) is 29.7 Å². The standard InChI is InChI=1S/C21H24ClN5O2S/c1-13-10-23-19(30-13)20(28)27-7-3-4-17(12-27)26(2)21(29)24-11-16-9-14-8-15(22)5-6-18(14)25-16/h5-6,8-10,17,25H,3-4,7,11-12H2,1-2H3,(H,24,29). The average Bonchev–Trinajstić information content (AvgIpc) is 3.36. The van der Waals surface area contributed by atoms with Gasteiger partial charge in [-0.3, -0.25) is 4.79 Å². The highest BCUT2D eigenvalue weighted by Gasteiger charge is 2.30. The summed E-state index contributed by atoms with van der Waals surface area (Å²) >= 11 is 7.44. The largest absolute Gasteiger partial charge is 0.357 e. The van der Waals surface area contributed by atoms with Crippen LogP contribution in [0.5, 0.6) is 0 Å². The van der Waals surface area contributed by atoms with Crippen molar-refractivity contribution in [3.05, 3.63) is 51.1 Å². The number of rotatable bonds is 4. The Kier molecular flexibility index (Phi) is 5.97. The predicted octanol–water partition coefficient (Wildman–Crippen LogP) is 4.03. The Hall–Kier alpha value is -2.58. The lowest BCUT2D eigenvalue weighted by Gasteiger charge is -2.37. The summed E-state index contributed by atoms with van der Waals surface area (Å²) in [5.41, 5.74) is 1.89. The van der Waals surface area contributed by atoms with Crippen molar-refractivity contribution in [2.75, 3.05) is 20.1 Å². The molecule has 1 aliphatic rings. The van der Waals surface area contributed by atoms with Gasteiger partial charge in [-0.15, -0.1) is 11.3 Å². The molecule has 158 valence electrons. The van der Waals surface area contributed by atoms with Crippen molar-refractivity contribution in [2.24, 2.45) is 0 Å². The van der Waals surface area contributed by atoms with E-state index < -0.39 is 0 Å². The van der Waals surface area contributed by atoms with E-state index in [1.807, 2.05) is 31.2 Å². The second-order valence-electron chi connectivity index (χ2n) is 7.62. The van der Waals surface area contributed by atoms with Gasteiger partial charge in [0.15, 0.2) is 5.01 Å². The number of urea groups is 1. The second kappa shape index (κ2) is 8.65. The third-order valence-corrected chi connectivity index (χ3v) is 6.56. The summed E-state index contributed by atoms with van der Waals surface area (Å²) in [5, 5.41) is 5.17. The molecular weight excluding hydrogens is 422 g/mol. The van der Waals surface area contributed by atoms with E-state index in [0.717, 1.165) is 34.3 Å². The fourth-order valence-electron chi connectivity index (χ4n) is 3.76. The lowest BCUT2D eigenvalue weighted by molar-refractivity contribution is 0.0636. The molecular formula is C21H24ClN5O2S. The lowest BCUT2D eigenvalue weighted by Crippen LogP contribution is -2.52. The minimum absolute atomic E-state index is 0.0229. The van der Waals surface area contributed by atoms with Gasteiger partial charge >= 0.3 is 6.03 Å². The van der Waals surface area contributed by atoms with Crippen LogP contribution in [0.3, 0.4) is 0 Å². The highest BCUT2D eigenvalue weighted by atomic mass is 35.5. The monoisotopic (exact) mass is 445 g/mol. The number of piperidine rings is 1. The summed E-state index contributed by atoms with van der Waals surface area (Å²) in [5.74, 6) is -0.0525. The minimum Gasteiger partial charge on any atom is -0.357 e. The number of likely N-dealkylation sites (N-methyl/N-ethyl adjacent to an activating group) is 1. The molecule has 9 heteroatoms. The third-order valence-electron chi connectivity index (χ3n) is 5.42. The number of carbonyl (C=O) groups is 2. The van der Waals surface area contributed by atoms with Crippen LogP contribution in [0.2, 0.25) is 5.02 Å². The molecule has 0 aliphatic carbocycles. The minimum atomic E-state index is -0.156. The molecule has 3 aromatic rings. The molecule has 7 nitrogen and oxygen atoms in total. The third kappa shape index (κ3) is 4.44. The van der Waals surface area contributed by atoms with Crippen LogP contribution in [-0.2, 0) is 6.54 Å². The Morgan fingerprint density at radius 3 is 3.00 bits per heavy atom. The van der Waals surface area contributed by atoms with Gasteiger partial charge in [0.25, 0.3) is 5.91 Å². The molecule has 1 saturated heterocycles. The number of fused-ring (bicyclic) bond motifs is 1. The second-order valence-corrected chi connectivity index (χ2v) is 9.29. The molecule has 1 unspecified atom stereocenters. The van der Waals surface area contributed by atoms with Crippen LogP contribution in [0.4, 0.5) is 4.79 Å². The molecule has 0 bridgehead atoms. The first-order valence-corrected chi connectivity index (χ1v) is 11.1. The van der Waals surface area contributed by atoms with E-state index in [4.69, 9.17) is 11.6 Å². The summed E-state index contributed by atoms with van der Waals surface area (Å²) in [4.78, 5) is 37.4. The fourth-order valence-corrected chi connectivity index (χ4v) is 4.68. The Morgan fingerprint density at radius 1 is 1.40 bits per heavy atom. The summed E-state index contributed by atoms with van der Waals surface area (Å²) in [6.45, 7) is 3.55. The van der Waals surface area contributed by atoms with Gasteiger partial charge in [0.05, 0.1) is 12.6 Å². The van der Waals surface area contributed by atoms with Crippen LogP contribution in [0.1, 0.15) is 33.2 Å². The number of aromatic amines is 1. The molecule has 0 radical (unpaired) electrons. The van der Waals surface area contributed by atoms with Gasteiger partial charge in [0.1, 0.15) is 0 Å². The summed E-state index contributed by atoms with van der Waals surface area (Å²) in [6.07, 6.45) is 3.45. The first-order chi connectivity index (χ1) is 14.4. The van der Waals surface area contributed by atoms with Crippen molar-refractivity contribution in [3.63, 3.8) is 0 Å². The summed E-state index contributed by atoms with van der Waals surface area (Å²) < 4.78 is 0. The van der Waals surface area contributed by atoms with Crippen LogP contribution in [-0.4, -0.2) is 57.9 Å². The fraction of sp³-hybridized carbons (Fsp3) is 0.381. The molecule has 2 N–H and O–H groups in total. The summed E-state index contributed by atoms with van der Waals surface area (Å²) in [7, 11) is 1.78. The van der Waals surface area contributed by atoms with Gasteiger partial charge in [-0.1, -0.05) is 11.6 Å². The quantitative estimate of drug-likeness (QED) is 0.636. The number of carbonyl (C=O) groups excluding carboxylic acids is 2. The number of thiazole rings is 1. The van der Waals surface area contributed by atoms with Gasteiger partial charge < -0.3 is 20.1 Å². The molecule has 3 heterocycles. The van der Waals surface area contributed by atoms with Crippen LogP contribution >= 0.6 is 22.9 Å². The smallest absolute Gasteiger partial charge is 0.317 e. The zero-order valence-electron chi connectivity index (χ0n) is 16.9. The maximum atomic E-state index is 12.7. The number of halogens is 1. The number of aromatic nitrogens is 2. The van der Waals surface area contributed by atoms with Crippen LogP contribution in [0.25, 0.3) is 10.9 Å². The summed E-state index contributed by atoms with van der Waals surface area (Å²) in [6, 6.07) is 7.45. The van der Waals surface area contributed by atoms with E-state index in [2.05, 4.69) is 15.3 Å². The topological polar surface area (TPSA) is 81.3 Å². The van der Waals surface area contributed by atoms with Crippen LogP contribution in [0, 0.1) is 6.92 Å². The Balaban J connectivity index is 1.35. The van der Waals surface area contributed by atoms with Crippen molar-refractivity contribution in [3.8, 4) is 0 Å². The van der Waals surface area contributed by atoms with Crippen LogP contribution < -0.4 is 5.32 Å². The number of hydrogen-bond acceptors (Lipinski definition) is 4. The molecule has 30 heavy (non-hydrogen) atoms. The van der Waals surface area contributed by atoms with Gasteiger partial charge in [-0.25, -0.2) is 9.78 Å². The number of likely N-dealkylation sites (tertiary alicyclic amines) is 1. The average molecular weight is 446 g/mol. The number of hydrogen-bond donors (Lipinski definition) is 2. The van der Waals surface area contributed by atoms with Crippen molar-refractivity contribution in [1.29, 1.82) is 0 Å². The number of aryl methyl sites for hydroxylation is 1. The van der Waals surface area contributed by atoms with Crippen molar-refractivity contribution in [2.45, 2.75) is 32.4 Å². The van der Waals surface area contributed by atoms with E-state index in [9.17, 15) is 9.59 Å². The zero-order chi connectivity index (χ0) is 21.3. The van der Waals surface area contributed by atoms with Gasteiger partial charge in [0.2, 0.25) is 0 Å². The molecule has 0 spiro atoms. The highest BCUT2D eigenvalue weighted by Crippen LogP contribution is 2.21. The highest BCUT2D eigenvalue weighted by molar-refractivity contribution is 7.13. The van der Waals surface area contributed by atoms with E-state index in [-0.39, 0.29) is 18.0 Å².